The van der Waals surface area contributed by atoms with E-state index in [1.807, 2.05) is 24.3 Å². The van der Waals surface area contributed by atoms with Gasteiger partial charge in [-0.1, -0.05) is 18.2 Å². The van der Waals surface area contributed by atoms with Crippen LogP contribution in [0.4, 0.5) is 0 Å². The molecule has 7 nitrogen and oxygen atoms in total. The molecular formula is C21H23NO6. The molecule has 0 saturated heterocycles. The molecule has 0 aliphatic carbocycles. The van der Waals surface area contributed by atoms with E-state index in [-0.39, 0.29) is 12.3 Å². The summed E-state index contributed by atoms with van der Waals surface area (Å²) in [6.07, 6.45) is -0.838. The lowest BCUT2D eigenvalue weighted by atomic mass is 10.1. The molecule has 0 aromatic heterocycles. The second-order valence-corrected chi connectivity index (χ2v) is 6.35. The number of amides is 1. The molecular weight excluding hydrogens is 362 g/mol. The van der Waals surface area contributed by atoms with E-state index in [4.69, 9.17) is 18.9 Å². The molecule has 1 heterocycles. The van der Waals surface area contributed by atoms with E-state index in [1.54, 1.807) is 32.2 Å². The molecule has 0 spiro atoms. The minimum atomic E-state index is -0.886. The molecule has 28 heavy (non-hydrogen) atoms. The summed E-state index contributed by atoms with van der Waals surface area (Å²) >= 11 is 0. The van der Waals surface area contributed by atoms with E-state index < -0.39 is 12.1 Å². The van der Waals surface area contributed by atoms with Crippen LogP contribution in [0, 0.1) is 0 Å². The van der Waals surface area contributed by atoms with Crippen molar-refractivity contribution in [2.75, 3.05) is 20.3 Å². The van der Waals surface area contributed by atoms with Crippen molar-refractivity contribution in [2.45, 2.75) is 26.0 Å². The predicted octanol–water partition coefficient (Wildman–Crippen LogP) is 2.26. The first-order valence-electron chi connectivity index (χ1n) is 9.04. The maximum Gasteiger partial charge on any atom is 0.311 e. The SMILES string of the molecule is COc1ccc(CNC(=O)[C@H](C)OC(=O)Cc2ccc3c(c2)OCCO3)cc1. The topological polar surface area (TPSA) is 83.1 Å². The maximum atomic E-state index is 12.2. The van der Waals surface area contributed by atoms with Crippen molar-refractivity contribution < 1.29 is 28.5 Å². The number of methoxy groups -OCH3 is 1. The van der Waals surface area contributed by atoms with Crippen molar-refractivity contribution in [2.24, 2.45) is 0 Å². The third-order valence-corrected chi connectivity index (χ3v) is 4.26. The van der Waals surface area contributed by atoms with Crippen molar-refractivity contribution in [3.63, 3.8) is 0 Å². The van der Waals surface area contributed by atoms with Gasteiger partial charge in [-0.15, -0.1) is 0 Å². The first-order chi connectivity index (χ1) is 13.5. The van der Waals surface area contributed by atoms with Crippen molar-refractivity contribution in [3.05, 3.63) is 53.6 Å². The Morgan fingerprint density at radius 2 is 1.71 bits per heavy atom. The molecule has 0 bridgehead atoms. The highest BCUT2D eigenvalue weighted by Gasteiger charge is 2.19. The van der Waals surface area contributed by atoms with Gasteiger partial charge >= 0.3 is 5.97 Å². The highest BCUT2D eigenvalue weighted by molar-refractivity contribution is 5.83. The van der Waals surface area contributed by atoms with Gasteiger partial charge in [-0.25, -0.2) is 0 Å². The molecule has 2 aromatic carbocycles. The van der Waals surface area contributed by atoms with Gasteiger partial charge in [0.2, 0.25) is 0 Å². The Hall–Kier alpha value is -3.22. The van der Waals surface area contributed by atoms with Gasteiger partial charge in [0.1, 0.15) is 19.0 Å². The Morgan fingerprint density at radius 3 is 2.43 bits per heavy atom. The lowest BCUT2D eigenvalue weighted by Crippen LogP contribution is -2.35. The van der Waals surface area contributed by atoms with Gasteiger partial charge in [-0.05, 0) is 42.3 Å². The van der Waals surface area contributed by atoms with Gasteiger partial charge in [0, 0.05) is 6.54 Å². The smallest absolute Gasteiger partial charge is 0.311 e. The van der Waals surface area contributed by atoms with Gasteiger partial charge < -0.3 is 24.3 Å². The molecule has 148 valence electrons. The zero-order valence-corrected chi connectivity index (χ0v) is 15.9. The predicted molar refractivity (Wildman–Crippen MR) is 102 cm³/mol. The molecule has 3 rings (SSSR count). The highest BCUT2D eigenvalue weighted by atomic mass is 16.6. The largest absolute Gasteiger partial charge is 0.497 e. The first-order valence-corrected chi connectivity index (χ1v) is 9.04. The molecule has 7 heteroatoms. The van der Waals surface area contributed by atoms with Crippen LogP contribution < -0.4 is 19.5 Å². The Bertz CT molecular complexity index is 833. The normalized spacial score (nSPS) is 13.4. The third-order valence-electron chi connectivity index (χ3n) is 4.26. The molecule has 0 fully saturated rings. The van der Waals surface area contributed by atoms with E-state index >= 15 is 0 Å². The lowest BCUT2D eigenvalue weighted by molar-refractivity contribution is -0.154. The van der Waals surface area contributed by atoms with Crippen molar-refractivity contribution in [1.29, 1.82) is 0 Å². The van der Waals surface area contributed by atoms with E-state index in [1.165, 1.54) is 0 Å². The summed E-state index contributed by atoms with van der Waals surface area (Å²) in [6, 6.07) is 12.7. The molecule has 1 atom stereocenters. The summed E-state index contributed by atoms with van der Waals surface area (Å²) in [6.45, 7) is 2.88. The summed E-state index contributed by atoms with van der Waals surface area (Å²) in [7, 11) is 1.60. The van der Waals surface area contributed by atoms with Gasteiger partial charge in [-0.3, -0.25) is 9.59 Å². The number of carbonyl (C=O) groups is 2. The van der Waals surface area contributed by atoms with Crippen molar-refractivity contribution in [1.82, 2.24) is 5.32 Å². The van der Waals surface area contributed by atoms with Crippen molar-refractivity contribution >= 4 is 11.9 Å². The monoisotopic (exact) mass is 385 g/mol. The lowest BCUT2D eigenvalue weighted by Gasteiger charge is -2.19. The van der Waals surface area contributed by atoms with Crippen LogP contribution in [0.25, 0.3) is 0 Å². The van der Waals surface area contributed by atoms with Crippen LogP contribution in [0.5, 0.6) is 17.2 Å². The summed E-state index contributed by atoms with van der Waals surface area (Å²) in [5.41, 5.74) is 1.66. The van der Waals surface area contributed by atoms with E-state index in [0.29, 0.717) is 31.3 Å². The fraction of sp³-hybridized carbons (Fsp3) is 0.333. The molecule has 1 aliphatic heterocycles. The summed E-state index contributed by atoms with van der Waals surface area (Å²) in [5.74, 6) is 1.18. The van der Waals surface area contributed by atoms with Crippen LogP contribution in [-0.2, 0) is 27.3 Å². The molecule has 0 unspecified atom stereocenters. The fourth-order valence-corrected chi connectivity index (χ4v) is 2.73. The molecule has 1 amide bonds. The summed E-state index contributed by atoms with van der Waals surface area (Å²) in [4.78, 5) is 24.3. The minimum Gasteiger partial charge on any atom is -0.497 e. The standard InChI is InChI=1S/C21H23NO6/c1-14(21(24)22-13-15-3-6-17(25-2)7-4-15)28-20(23)12-16-5-8-18-19(11-16)27-10-9-26-18/h3-8,11,14H,9-10,12-13H2,1-2H3,(H,22,24)/t14-/m0/s1. The number of ether oxygens (including phenoxy) is 4. The summed E-state index contributed by atoms with van der Waals surface area (Å²) < 4.78 is 21.3. The van der Waals surface area contributed by atoms with Crippen LogP contribution in [-0.4, -0.2) is 38.3 Å². The molecule has 1 aliphatic rings. The van der Waals surface area contributed by atoms with Gasteiger partial charge in [-0.2, -0.15) is 0 Å². The van der Waals surface area contributed by atoms with E-state index in [9.17, 15) is 9.59 Å². The van der Waals surface area contributed by atoms with Gasteiger partial charge in [0.15, 0.2) is 17.6 Å². The first kappa shape index (κ1) is 19.5. The van der Waals surface area contributed by atoms with Gasteiger partial charge in [0.25, 0.3) is 5.91 Å². The Kier molecular flexibility index (Phi) is 6.37. The molecule has 2 aromatic rings. The number of esters is 1. The van der Waals surface area contributed by atoms with Crippen LogP contribution in [0.2, 0.25) is 0 Å². The van der Waals surface area contributed by atoms with Crippen molar-refractivity contribution in [3.8, 4) is 17.2 Å². The maximum absolute atomic E-state index is 12.2. The number of rotatable bonds is 7. The number of nitrogens with one attached hydrogen (secondary N) is 1. The molecule has 0 saturated carbocycles. The fourth-order valence-electron chi connectivity index (χ4n) is 2.73. The van der Waals surface area contributed by atoms with Crippen LogP contribution in [0.3, 0.4) is 0 Å². The van der Waals surface area contributed by atoms with Crippen LogP contribution in [0.15, 0.2) is 42.5 Å². The third kappa shape index (κ3) is 5.16. The average Bonchev–Trinajstić information content (AvgIpc) is 2.72. The second-order valence-electron chi connectivity index (χ2n) is 6.35. The Morgan fingerprint density at radius 1 is 1.04 bits per heavy atom. The Balaban J connectivity index is 1.47. The zero-order valence-electron chi connectivity index (χ0n) is 15.9. The second kappa shape index (κ2) is 9.12. The van der Waals surface area contributed by atoms with E-state index in [0.717, 1.165) is 16.9 Å². The number of carbonyl (C=O) groups excluding carboxylic acids is 2. The van der Waals surface area contributed by atoms with Gasteiger partial charge in [0.05, 0.1) is 13.5 Å². The molecule has 0 radical (unpaired) electrons. The van der Waals surface area contributed by atoms with Crippen LogP contribution >= 0.6 is 0 Å². The number of hydrogen-bond acceptors (Lipinski definition) is 6. The number of benzene rings is 2. The molecule has 1 N–H and O–H groups in total. The Labute approximate surface area is 163 Å². The number of fused-ring (bicyclic) bond motifs is 1. The summed E-state index contributed by atoms with van der Waals surface area (Å²) in [5, 5.41) is 2.75. The zero-order chi connectivity index (χ0) is 19.9. The highest BCUT2D eigenvalue weighted by Crippen LogP contribution is 2.30. The average molecular weight is 385 g/mol. The number of hydrogen-bond donors (Lipinski definition) is 1. The minimum absolute atomic E-state index is 0.0484. The van der Waals surface area contributed by atoms with Crippen LogP contribution in [0.1, 0.15) is 18.1 Å². The van der Waals surface area contributed by atoms with E-state index in [2.05, 4.69) is 5.32 Å². The quantitative estimate of drug-likeness (QED) is 0.736.